The van der Waals surface area contributed by atoms with Gasteiger partial charge in [0, 0.05) is 31.2 Å². The molecule has 2 saturated heterocycles. The van der Waals surface area contributed by atoms with Crippen LogP contribution in [0.3, 0.4) is 0 Å². The van der Waals surface area contributed by atoms with E-state index in [1.54, 1.807) is 11.1 Å². The molecule has 3 atom stereocenters. The summed E-state index contributed by atoms with van der Waals surface area (Å²) in [4.78, 5) is 5.57. The summed E-state index contributed by atoms with van der Waals surface area (Å²) in [6, 6.07) is 11.4. The van der Waals surface area contributed by atoms with Gasteiger partial charge >= 0.3 is 0 Å². The van der Waals surface area contributed by atoms with E-state index < -0.39 is 0 Å². The fourth-order valence-corrected chi connectivity index (χ4v) is 4.68. The number of nitrogens with zero attached hydrogens (tertiary/aromatic N) is 2. The van der Waals surface area contributed by atoms with Gasteiger partial charge in [0.2, 0.25) is 0 Å². The number of hydrogen-bond donors (Lipinski definition) is 0. The second-order valence-electron chi connectivity index (χ2n) is 7.00. The zero-order valence-electron chi connectivity index (χ0n) is 12.6. The van der Waals surface area contributed by atoms with Crippen molar-refractivity contribution >= 4 is 0 Å². The summed E-state index contributed by atoms with van der Waals surface area (Å²) in [6.07, 6.45) is 6.74. The van der Waals surface area contributed by atoms with Crippen LogP contribution in [0.15, 0.2) is 24.3 Å². The Morgan fingerprint density at radius 2 is 1.85 bits per heavy atom. The molecule has 0 aromatic heterocycles. The summed E-state index contributed by atoms with van der Waals surface area (Å²) in [6.45, 7) is 6.39. The predicted molar refractivity (Wildman–Crippen MR) is 83.0 cm³/mol. The molecule has 3 unspecified atom stereocenters. The Morgan fingerprint density at radius 1 is 1.00 bits per heavy atom. The average molecular weight is 270 g/mol. The first-order valence-electron chi connectivity index (χ1n) is 8.38. The molecule has 0 saturated carbocycles. The molecule has 1 aromatic rings. The average Bonchev–Trinajstić information content (AvgIpc) is 2.93. The van der Waals surface area contributed by atoms with Crippen LogP contribution in [0, 0.1) is 0 Å². The Hall–Kier alpha value is -0.860. The number of fused-ring (bicyclic) bond motifs is 2. The van der Waals surface area contributed by atoms with Crippen molar-refractivity contribution in [2.45, 2.75) is 57.2 Å². The maximum atomic E-state index is 2.84. The molecule has 0 spiro atoms. The van der Waals surface area contributed by atoms with Crippen molar-refractivity contribution in [1.29, 1.82) is 0 Å². The molecular formula is C18H26N2. The van der Waals surface area contributed by atoms with Crippen molar-refractivity contribution in [3.05, 3.63) is 35.4 Å². The Labute approximate surface area is 122 Å². The molecule has 2 aliphatic heterocycles. The molecule has 0 amide bonds. The van der Waals surface area contributed by atoms with Gasteiger partial charge in [-0.15, -0.1) is 0 Å². The highest BCUT2D eigenvalue weighted by atomic mass is 15.3. The third-order valence-electron chi connectivity index (χ3n) is 5.78. The quantitative estimate of drug-likeness (QED) is 0.774. The van der Waals surface area contributed by atoms with Gasteiger partial charge in [-0.25, -0.2) is 0 Å². The molecule has 2 nitrogen and oxygen atoms in total. The Bertz CT molecular complexity index is 484. The summed E-state index contributed by atoms with van der Waals surface area (Å²) in [5.74, 6) is 0. The van der Waals surface area contributed by atoms with Crippen molar-refractivity contribution < 1.29 is 0 Å². The van der Waals surface area contributed by atoms with E-state index in [9.17, 15) is 0 Å². The SMILES string of the molecule is CC1CN2CCCC2CN1C1CCc2ccccc2C1. The van der Waals surface area contributed by atoms with Crippen LogP contribution < -0.4 is 0 Å². The monoisotopic (exact) mass is 270 g/mol. The number of benzene rings is 1. The van der Waals surface area contributed by atoms with Crippen molar-refractivity contribution in [1.82, 2.24) is 9.80 Å². The highest BCUT2D eigenvalue weighted by molar-refractivity contribution is 5.30. The number of rotatable bonds is 1. The van der Waals surface area contributed by atoms with Crippen LogP contribution in [0.2, 0.25) is 0 Å². The van der Waals surface area contributed by atoms with Gasteiger partial charge in [-0.3, -0.25) is 9.80 Å². The zero-order chi connectivity index (χ0) is 13.5. The van der Waals surface area contributed by atoms with Crippen molar-refractivity contribution in [2.24, 2.45) is 0 Å². The van der Waals surface area contributed by atoms with Crippen molar-refractivity contribution in [3.8, 4) is 0 Å². The topological polar surface area (TPSA) is 6.48 Å². The molecule has 0 bridgehead atoms. The summed E-state index contributed by atoms with van der Waals surface area (Å²) >= 11 is 0. The van der Waals surface area contributed by atoms with Gasteiger partial charge in [-0.05, 0) is 56.7 Å². The minimum Gasteiger partial charge on any atom is -0.298 e. The number of piperazine rings is 1. The van der Waals surface area contributed by atoms with E-state index in [0.29, 0.717) is 0 Å². The van der Waals surface area contributed by atoms with Crippen molar-refractivity contribution in [2.75, 3.05) is 19.6 Å². The molecule has 4 rings (SSSR count). The molecule has 1 aromatic carbocycles. The first-order valence-corrected chi connectivity index (χ1v) is 8.38. The van der Waals surface area contributed by atoms with Gasteiger partial charge in [-0.2, -0.15) is 0 Å². The van der Waals surface area contributed by atoms with Crippen LogP contribution >= 0.6 is 0 Å². The largest absolute Gasteiger partial charge is 0.298 e. The molecule has 2 fully saturated rings. The van der Waals surface area contributed by atoms with Crippen LogP contribution in [-0.2, 0) is 12.8 Å². The van der Waals surface area contributed by atoms with E-state index in [1.807, 2.05) is 0 Å². The van der Waals surface area contributed by atoms with E-state index in [2.05, 4.69) is 41.0 Å². The Balaban J connectivity index is 1.51. The minimum atomic E-state index is 0.736. The van der Waals surface area contributed by atoms with Crippen LogP contribution in [0.1, 0.15) is 37.3 Å². The van der Waals surface area contributed by atoms with Gasteiger partial charge in [-0.1, -0.05) is 24.3 Å². The first-order chi connectivity index (χ1) is 9.81. The smallest absolute Gasteiger partial charge is 0.0224 e. The fourth-order valence-electron chi connectivity index (χ4n) is 4.68. The lowest BCUT2D eigenvalue weighted by Gasteiger charge is -2.47. The van der Waals surface area contributed by atoms with Crippen LogP contribution in [0.4, 0.5) is 0 Å². The van der Waals surface area contributed by atoms with E-state index in [1.165, 1.54) is 51.7 Å². The molecule has 2 heterocycles. The number of aryl methyl sites for hydroxylation is 1. The summed E-state index contributed by atoms with van der Waals surface area (Å²) in [7, 11) is 0. The second-order valence-corrected chi connectivity index (χ2v) is 7.00. The standard InChI is InChI=1S/C18H26N2/c1-14-12-19-10-4-7-18(19)13-20(14)17-9-8-15-5-2-3-6-16(15)11-17/h2-3,5-6,14,17-18H,4,7-13H2,1H3. The van der Waals surface area contributed by atoms with Crippen LogP contribution in [-0.4, -0.2) is 47.6 Å². The summed E-state index contributed by atoms with van der Waals surface area (Å²) in [5.41, 5.74) is 3.20. The van der Waals surface area contributed by atoms with Crippen molar-refractivity contribution in [3.63, 3.8) is 0 Å². The first kappa shape index (κ1) is 12.8. The predicted octanol–water partition coefficient (Wildman–Crippen LogP) is 2.71. The summed E-state index contributed by atoms with van der Waals surface area (Å²) < 4.78 is 0. The van der Waals surface area contributed by atoms with Gasteiger partial charge < -0.3 is 0 Å². The van der Waals surface area contributed by atoms with E-state index in [-0.39, 0.29) is 0 Å². The molecule has 108 valence electrons. The Morgan fingerprint density at radius 3 is 2.75 bits per heavy atom. The van der Waals surface area contributed by atoms with Gasteiger partial charge in [0.15, 0.2) is 0 Å². The molecule has 3 aliphatic rings. The van der Waals surface area contributed by atoms with E-state index in [0.717, 1.165) is 18.1 Å². The van der Waals surface area contributed by atoms with E-state index >= 15 is 0 Å². The Kier molecular flexibility index (Phi) is 3.31. The van der Waals surface area contributed by atoms with Crippen LogP contribution in [0.5, 0.6) is 0 Å². The highest BCUT2D eigenvalue weighted by Gasteiger charge is 2.37. The molecular weight excluding hydrogens is 244 g/mol. The third kappa shape index (κ3) is 2.19. The number of hydrogen-bond acceptors (Lipinski definition) is 2. The molecule has 2 heteroatoms. The summed E-state index contributed by atoms with van der Waals surface area (Å²) in [5, 5.41) is 0. The van der Waals surface area contributed by atoms with Crippen LogP contribution in [0.25, 0.3) is 0 Å². The lowest BCUT2D eigenvalue weighted by atomic mass is 9.86. The van der Waals surface area contributed by atoms with E-state index in [4.69, 9.17) is 0 Å². The maximum absolute atomic E-state index is 2.84. The normalized spacial score (nSPS) is 34.8. The molecule has 1 aliphatic carbocycles. The minimum absolute atomic E-state index is 0.736. The fraction of sp³-hybridized carbons (Fsp3) is 0.667. The highest BCUT2D eigenvalue weighted by Crippen LogP contribution is 2.31. The lowest BCUT2D eigenvalue weighted by Crippen LogP contribution is -2.58. The van der Waals surface area contributed by atoms with Gasteiger partial charge in [0.1, 0.15) is 0 Å². The lowest BCUT2D eigenvalue weighted by molar-refractivity contribution is 0.0235. The zero-order valence-corrected chi connectivity index (χ0v) is 12.6. The third-order valence-corrected chi connectivity index (χ3v) is 5.78. The molecule has 20 heavy (non-hydrogen) atoms. The maximum Gasteiger partial charge on any atom is 0.0224 e. The molecule has 0 N–H and O–H groups in total. The second kappa shape index (κ2) is 5.16. The van der Waals surface area contributed by atoms with Gasteiger partial charge in [0.05, 0.1) is 0 Å². The van der Waals surface area contributed by atoms with Gasteiger partial charge in [0.25, 0.3) is 0 Å². The molecule has 0 radical (unpaired) electrons.